The van der Waals surface area contributed by atoms with Crippen LogP contribution in [-0.2, 0) is 0 Å². The minimum absolute atomic E-state index is 0.0590. The highest BCUT2D eigenvalue weighted by molar-refractivity contribution is 7.99. The van der Waals surface area contributed by atoms with E-state index < -0.39 is 4.92 Å². The number of fused-ring (bicyclic) bond motifs is 1. The molecule has 3 rings (SSSR count). The van der Waals surface area contributed by atoms with Gasteiger partial charge >= 0.3 is 0 Å². The summed E-state index contributed by atoms with van der Waals surface area (Å²) in [6, 6.07) is 14.6. The molecule has 0 radical (unpaired) electrons. The van der Waals surface area contributed by atoms with Crippen molar-refractivity contribution < 1.29 is 9.66 Å². The van der Waals surface area contributed by atoms with E-state index in [4.69, 9.17) is 4.74 Å². The average Bonchev–Trinajstić information content (AvgIpc) is 2.89. The van der Waals surface area contributed by atoms with Crippen molar-refractivity contribution >= 4 is 17.4 Å². The zero-order valence-corrected chi connectivity index (χ0v) is 11.5. The minimum Gasteiger partial charge on any atom is -0.493 e. The summed E-state index contributed by atoms with van der Waals surface area (Å²) in [6.45, 7) is 0.547. The second-order valence-electron chi connectivity index (χ2n) is 4.61. The second kappa shape index (κ2) is 5.54. The Morgan fingerprint density at radius 2 is 2.10 bits per heavy atom. The fourth-order valence-electron chi connectivity index (χ4n) is 2.25. The summed E-state index contributed by atoms with van der Waals surface area (Å²) in [5, 5.41) is 10.7. The number of non-ortho nitro benzene ring substituents is 1. The predicted octanol–water partition coefficient (Wildman–Crippen LogP) is 3.86. The molecule has 4 nitrogen and oxygen atoms in total. The fourth-order valence-corrected chi connectivity index (χ4v) is 3.48. The SMILES string of the molecule is O=[N+]([O-])c1cccc(OCC2CSc3ccccc32)c1. The number of nitrogens with zero attached hydrogens (tertiary/aromatic N) is 1. The Kier molecular flexibility index (Phi) is 3.60. The van der Waals surface area contributed by atoms with Crippen molar-refractivity contribution in [3.05, 3.63) is 64.2 Å². The van der Waals surface area contributed by atoms with Gasteiger partial charge in [-0.25, -0.2) is 0 Å². The van der Waals surface area contributed by atoms with E-state index in [0.717, 1.165) is 5.75 Å². The van der Waals surface area contributed by atoms with Gasteiger partial charge in [-0.3, -0.25) is 10.1 Å². The van der Waals surface area contributed by atoms with Gasteiger partial charge in [0.1, 0.15) is 5.75 Å². The third-order valence-electron chi connectivity index (χ3n) is 3.28. The second-order valence-corrected chi connectivity index (χ2v) is 5.67. The van der Waals surface area contributed by atoms with Crippen LogP contribution in [0.1, 0.15) is 11.5 Å². The molecule has 1 unspecified atom stereocenters. The van der Waals surface area contributed by atoms with Gasteiger partial charge in [-0.05, 0) is 17.7 Å². The molecule has 1 aliphatic rings. The molecular formula is C15H13NO3S. The van der Waals surface area contributed by atoms with E-state index in [-0.39, 0.29) is 5.69 Å². The number of nitro groups is 1. The Bertz CT molecular complexity index is 645. The van der Waals surface area contributed by atoms with Crippen molar-refractivity contribution in [2.45, 2.75) is 10.8 Å². The number of ether oxygens (including phenoxy) is 1. The van der Waals surface area contributed by atoms with Gasteiger partial charge in [0, 0.05) is 22.6 Å². The van der Waals surface area contributed by atoms with Crippen molar-refractivity contribution in [1.82, 2.24) is 0 Å². The van der Waals surface area contributed by atoms with Crippen molar-refractivity contribution in [2.75, 3.05) is 12.4 Å². The first kappa shape index (κ1) is 13.0. The molecule has 1 aliphatic heterocycles. The number of rotatable bonds is 4. The normalized spacial score (nSPS) is 16.7. The Hall–Kier alpha value is -2.01. The Labute approximate surface area is 120 Å². The zero-order chi connectivity index (χ0) is 13.9. The fraction of sp³-hybridized carbons (Fsp3) is 0.200. The molecule has 0 aliphatic carbocycles. The summed E-state index contributed by atoms with van der Waals surface area (Å²) < 4.78 is 5.72. The lowest BCUT2D eigenvalue weighted by Crippen LogP contribution is -2.09. The lowest BCUT2D eigenvalue weighted by atomic mass is 10.0. The molecule has 0 saturated carbocycles. The van der Waals surface area contributed by atoms with Gasteiger partial charge in [-0.15, -0.1) is 11.8 Å². The molecule has 2 aromatic rings. The van der Waals surface area contributed by atoms with Gasteiger partial charge < -0.3 is 4.74 Å². The number of hydrogen-bond acceptors (Lipinski definition) is 4. The molecule has 2 aromatic carbocycles. The van der Waals surface area contributed by atoms with Crippen LogP contribution < -0.4 is 4.74 Å². The van der Waals surface area contributed by atoms with Crippen LogP contribution in [0.5, 0.6) is 5.75 Å². The van der Waals surface area contributed by atoms with Crippen molar-refractivity contribution in [1.29, 1.82) is 0 Å². The van der Waals surface area contributed by atoms with Crippen molar-refractivity contribution in [3.63, 3.8) is 0 Å². The van der Waals surface area contributed by atoms with Crippen LogP contribution in [0, 0.1) is 10.1 Å². The first-order chi connectivity index (χ1) is 9.74. The third-order valence-corrected chi connectivity index (χ3v) is 4.53. The van der Waals surface area contributed by atoms with E-state index in [1.54, 1.807) is 12.1 Å². The smallest absolute Gasteiger partial charge is 0.273 e. The van der Waals surface area contributed by atoms with E-state index >= 15 is 0 Å². The molecule has 102 valence electrons. The molecule has 0 spiro atoms. The number of thioether (sulfide) groups is 1. The van der Waals surface area contributed by atoms with E-state index in [1.165, 1.54) is 22.6 Å². The number of nitro benzene ring substituents is 1. The number of benzene rings is 2. The van der Waals surface area contributed by atoms with Crippen LogP contribution in [0.4, 0.5) is 5.69 Å². The molecular weight excluding hydrogens is 274 g/mol. The Morgan fingerprint density at radius 3 is 2.95 bits per heavy atom. The zero-order valence-electron chi connectivity index (χ0n) is 10.7. The highest BCUT2D eigenvalue weighted by atomic mass is 32.2. The topological polar surface area (TPSA) is 52.4 Å². The van der Waals surface area contributed by atoms with Crippen LogP contribution >= 0.6 is 11.8 Å². The van der Waals surface area contributed by atoms with Crippen LogP contribution in [0.2, 0.25) is 0 Å². The van der Waals surface area contributed by atoms with Gasteiger partial charge in [-0.2, -0.15) is 0 Å². The summed E-state index contributed by atoms with van der Waals surface area (Å²) in [7, 11) is 0. The maximum atomic E-state index is 10.7. The minimum atomic E-state index is -0.409. The molecule has 0 aromatic heterocycles. The van der Waals surface area contributed by atoms with Crippen LogP contribution in [-0.4, -0.2) is 17.3 Å². The Balaban J connectivity index is 1.69. The van der Waals surface area contributed by atoms with Gasteiger partial charge in [0.25, 0.3) is 5.69 Å². The monoisotopic (exact) mass is 287 g/mol. The summed E-state index contributed by atoms with van der Waals surface area (Å²) in [4.78, 5) is 11.6. The first-order valence-electron chi connectivity index (χ1n) is 6.33. The lowest BCUT2D eigenvalue weighted by molar-refractivity contribution is -0.384. The van der Waals surface area contributed by atoms with E-state index in [1.807, 2.05) is 23.9 Å². The van der Waals surface area contributed by atoms with E-state index in [2.05, 4.69) is 12.1 Å². The maximum absolute atomic E-state index is 10.7. The molecule has 0 fully saturated rings. The lowest BCUT2D eigenvalue weighted by Gasteiger charge is -2.12. The summed E-state index contributed by atoms with van der Waals surface area (Å²) in [5.74, 6) is 1.89. The van der Waals surface area contributed by atoms with Crippen LogP contribution in [0.25, 0.3) is 0 Å². The van der Waals surface area contributed by atoms with Gasteiger partial charge in [0.2, 0.25) is 0 Å². The first-order valence-corrected chi connectivity index (χ1v) is 7.31. The number of hydrogen-bond donors (Lipinski definition) is 0. The van der Waals surface area contributed by atoms with Crippen LogP contribution in [0.3, 0.4) is 0 Å². The summed E-state index contributed by atoms with van der Waals surface area (Å²) in [5.41, 5.74) is 1.37. The van der Waals surface area contributed by atoms with E-state index in [0.29, 0.717) is 18.3 Å². The quantitative estimate of drug-likeness (QED) is 0.633. The largest absolute Gasteiger partial charge is 0.493 e. The molecule has 0 amide bonds. The van der Waals surface area contributed by atoms with Gasteiger partial charge in [0.05, 0.1) is 17.6 Å². The highest BCUT2D eigenvalue weighted by Gasteiger charge is 2.23. The summed E-state index contributed by atoms with van der Waals surface area (Å²) >= 11 is 1.83. The van der Waals surface area contributed by atoms with Gasteiger partial charge in [0.15, 0.2) is 0 Å². The van der Waals surface area contributed by atoms with E-state index in [9.17, 15) is 10.1 Å². The molecule has 1 heterocycles. The molecule has 1 atom stereocenters. The van der Waals surface area contributed by atoms with Crippen LogP contribution in [0.15, 0.2) is 53.4 Å². The molecule has 0 saturated heterocycles. The molecule has 5 heteroatoms. The average molecular weight is 287 g/mol. The predicted molar refractivity (Wildman–Crippen MR) is 78.5 cm³/mol. The molecule has 0 N–H and O–H groups in total. The highest BCUT2D eigenvalue weighted by Crippen LogP contribution is 2.39. The Morgan fingerprint density at radius 1 is 1.25 bits per heavy atom. The van der Waals surface area contributed by atoms with Gasteiger partial charge in [-0.1, -0.05) is 24.3 Å². The molecule has 20 heavy (non-hydrogen) atoms. The van der Waals surface area contributed by atoms with Crippen molar-refractivity contribution in [3.8, 4) is 5.75 Å². The molecule has 0 bridgehead atoms. The summed E-state index contributed by atoms with van der Waals surface area (Å²) in [6.07, 6.45) is 0. The van der Waals surface area contributed by atoms with Crippen molar-refractivity contribution in [2.24, 2.45) is 0 Å². The standard InChI is InChI=1S/C15H13NO3S/c17-16(18)12-4-3-5-13(8-12)19-9-11-10-20-15-7-2-1-6-14(11)15/h1-8,11H,9-10H2. The maximum Gasteiger partial charge on any atom is 0.273 e. The third kappa shape index (κ3) is 2.63.